The molecule has 2 rings (SSSR count). The number of benzene rings is 2. The van der Waals surface area contributed by atoms with Crippen molar-refractivity contribution in [2.75, 3.05) is 6.61 Å². The molecule has 0 aliphatic carbocycles. The molecule has 0 aliphatic heterocycles. The summed E-state index contributed by atoms with van der Waals surface area (Å²) in [4.78, 5) is 35.2. The van der Waals surface area contributed by atoms with Gasteiger partial charge in [0.15, 0.2) is 0 Å². The Morgan fingerprint density at radius 1 is 0.958 bits per heavy atom. The first-order valence-corrected chi connectivity index (χ1v) is 7.93. The number of hydrogen-bond donors (Lipinski definition) is 0. The van der Waals surface area contributed by atoms with Gasteiger partial charge in [0.2, 0.25) is 0 Å². The molecule has 0 N–H and O–H groups in total. The minimum atomic E-state index is -0.643. The summed E-state index contributed by atoms with van der Waals surface area (Å²) in [5, 5.41) is 0.674. The Hall–Kier alpha value is -2.66. The van der Waals surface area contributed by atoms with Gasteiger partial charge in [0.25, 0.3) is 0 Å². The van der Waals surface area contributed by atoms with E-state index in [0.717, 1.165) is 18.4 Å². The molecule has 0 bridgehead atoms. The van der Waals surface area contributed by atoms with Crippen molar-refractivity contribution in [2.45, 2.75) is 26.7 Å². The van der Waals surface area contributed by atoms with Gasteiger partial charge in [0.05, 0.1) is 12.2 Å². The fourth-order valence-electron chi connectivity index (χ4n) is 1.92. The van der Waals surface area contributed by atoms with Crippen molar-refractivity contribution in [3.63, 3.8) is 0 Å². The minimum Gasteiger partial charge on any atom is -0.306 e. The zero-order chi connectivity index (χ0) is 17.4. The lowest BCUT2D eigenvalue weighted by molar-refractivity contribution is -0.293. The van der Waals surface area contributed by atoms with E-state index < -0.39 is 11.9 Å². The zero-order valence-corrected chi connectivity index (χ0v) is 13.9. The predicted octanol–water partition coefficient (Wildman–Crippen LogP) is 3.94. The lowest BCUT2D eigenvalue weighted by atomic mass is 10.2. The first-order chi connectivity index (χ1) is 11.6. The Balaban J connectivity index is 2.11. The average Bonchev–Trinajstić information content (AvgIpc) is 2.61. The van der Waals surface area contributed by atoms with Crippen molar-refractivity contribution >= 4 is 11.9 Å². The second-order valence-electron chi connectivity index (χ2n) is 5.36. The van der Waals surface area contributed by atoms with E-state index in [2.05, 4.69) is 0 Å². The van der Waals surface area contributed by atoms with Gasteiger partial charge in [-0.25, -0.2) is 9.63 Å². The van der Waals surface area contributed by atoms with Gasteiger partial charge < -0.3 is 4.84 Å². The van der Waals surface area contributed by atoms with E-state index in [4.69, 9.17) is 9.68 Å². The van der Waals surface area contributed by atoms with E-state index in [9.17, 15) is 9.59 Å². The van der Waals surface area contributed by atoms with Crippen LogP contribution in [-0.4, -0.2) is 23.7 Å². The van der Waals surface area contributed by atoms with E-state index in [1.165, 1.54) is 0 Å². The third-order valence-corrected chi connectivity index (χ3v) is 3.35. The smallest absolute Gasteiger partial charge is 0.306 e. The Bertz CT molecular complexity index is 668. The van der Waals surface area contributed by atoms with Crippen molar-refractivity contribution in [2.24, 2.45) is 0 Å². The fraction of sp³-hybridized carbons (Fsp3) is 0.263. The molecule has 5 heteroatoms. The molecular weight excluding hydrogens is 306 g/mol. The van der Waals surface area contributed by atoms with Crippen LogP contribution < -0.4 is 0 Å². The van der Waals surface area contributed by atoms with Gasteiger partial charge in [-0.2, -0.15) is 0 Å². The molecule has 24 heavy (non-hydrogen) atoms. The molecule has 0 fully saturated rings. The molecule has 126 valence electrons. The Morgan fingerprint density at radius 2 is 1.62 bits per heavy atom. The number of unbranched alkanes of at least 4 members (excludes halogenated alkanes) is 1. The van der Waals surface area contributed by atoms with Crippen LogP contribution in [0.15, 0.2) is 54.6 Å². The van der Waals surface area contributed by atoms with Gasteiger partial charge in [0.1, 0.15) is 0 Å². The van der Waals surface area contributed by atoms with Crippen molar-refractivity contribution in [1.29, 1.82) is 0 Å². The number of amides is 1. The number of rotatable bonds is 6. The van der Waals surface area contributed by atoms with Gasteiger partial charge in [-0.3, -0.25) is 4.79 Å². The zero-order valence-electron chi connectivity index (χ0n) is 13.9. The second kappa shape index (κ2) is 8.84. The molecule has 2 aromatic rings. The lowest BCUT2D eigenvalue weighted by Crippen LogP contribution is -2.34. The van der Waals surface area contributed by atoms with E-state index in [-0.39, 0.29) is 6.61 Å². The summed E-state index contributed by atoms with van der Waals surface area (Å²) in [6.45, 7) is 4.22. The maximum Gasteiger partial charge on any atom is 0.366 e. The third-order valence-electron chi connectivity index (χ3n) is 3.35. The first kappa shape index (κ1) is 17.7. The van der Waals surface area contributed by atoms with Crippen LogP contribution in [0.4, 0.5) is 0 Å². The van der Waals surface area contributed by atoms with Gasteiger partial charge in [-0.1, -0.05) is 49.2 Å². The molecule has 0 atom stereocenters. The molecule has 0 aliphatic rings. The summed E-state index contributed by atoms with van der Waals surface area (Å²) in [6.07, 6.45) is 1.65. The maximum absolute atomic E-state index is 12.5. The molecule has 0 aromatic heterocycles. The Morgan fingerprint density at radius 3 is 2.25 bits per heavy atom. The Labute approximate surface area is 141 Å². The molecule has 2 aromatic carbocycles. The molecule has 0 radical (unpaired) electrons. The molecule has 0 saturated heterocycles. The third kappa shape index (κ3) is 4.93. The maximum atomic E-state index is 12.5. The van der Waals surface area contributed by atoms with Crippen LogP contribution in [0, 0.1) is 6.92 Å². The van der Waals surface area contributed by atoms with Gasteiger partial charge in [0, 0.05) is 5.56 Å². The van der Waals surface area contributed by atoms with Crippen molar-refractivity contribution in [3.05, 3.63) is 71.3 Å². The van der Waals surface area contributed by atoms with Gasteiger partial charge in [-0.15, -0.1) is 0 Å². The fourth-order valence-corrected chi connectivity index (χ4v) is 1.92. The monoisotopic (exact) mass is 327 g/mol. The molecule has 0 spiro atoms. The molecule has 0 heterocycles. The van der Waals surface area contributed by atoms with Crippen molar-refractivity contribution in [1.82, 2.24) is 5.23 Å². The minimum absolute atomic E-state index is 0.288. The van der Waals surface area contributed by atoms with Crippen LogP contribution >= 0.6 is 0 Å². The van der Waals surface area contributed by atoms with Gasteiger partial charge in [-0.05, 0) is 42.8 Å². The highest BCUT2D eigenvalue weighted by Crippen LogP contribution is 2.11. The highest BCUT2D eigenvalue weighted by atomic mass is 17.0. The average molecular weight is 327 g/mol. The highest BCUT2D eigenvalue weighted by Gasteiger charge is 2.22. The summed E-state index contributed by atoms with van der Waals surface area (Å²) in [5.74, 6) is -1.16. The highest BCUT2D eigenvalue weighted by molar-refractivity contribution is 5.95. The van der Waals surface area contributed by atoms with E-state index in [1.54, 1.807) is 54.6 Å². The summed E-state index contributed by atoms with van der Waals surface area (Å²) in [7, 11) is 0. The van der Waals surface area contributed by atoms with E-state index in [0.29, 0.717) is 16.4 Å². The standard InChI is InChI=1S/C19H21NO4/c1-3-4-14-23-20(18(21)16-8-6-5-7-9-16)24-19(22)17-12-10-15(2)11-13-17/h5-13H,3-4,14H2,1-2H3. The molecular formula is C19H21NO4. The van der Waals surface area contributed by atoms with E-state index in [1.807, 2.05) is 13.8 Å². The molecule has 0 unspecified atom stereocenters. The summed E-state index contributed by atoms with van der Waals surface area (Å²) < 4.78 is 0. The van der Waals surface area contributed by atoms with Crippen LogP contribution in [0.2, 0.25) is 0 Å². The number of aryl methyl sites for hydroxylation is 1. The summed E-state index contributed by atoms with van der Waals surface area (Å²) in [6, 6.07) is 15.5. The number of hydrogen-bond acceptors (Lipinski definition) is 4. The molecule has 1 amide bonds. The quantitative estimate of drug-likeness (QED) is 0.595. The number of carbonyl (C=O) groups excluding carboxylic acids is 2. The topological polar surface area (TPSA) is 55.8 Å². The summed E-state index contributed by atoms with van der Waals surface area (Å²) in [5.41, 5.74) is 1.76. The van der Waals surface area contributed by atoms with Crippen molar-refractivity contribution < 1.29 is 19.3 Å². The number of hydroxylamine groups is 2. The Kier molecular flexibility index (Phi) is 6.51. The van der Waals surface area contributed by atoms with Crippen LogP contribution in [-0.2, 0) is 9.68 Å². The number of carbonyl (C=O) groups is 2. The predicted molar refractivity (Wildman–Crippen MR) is 90.1 cm³/mol. The van der Waals surface area contributed by atoms with E-state index >= 15 is 0 Å². The molecule has 0 saturated carbocycles. The van der Waals surface area contributed by atoms with Crippen LogP contribution in [0.1, 0.15) is 46.0 Å². The van der Waals surface area contributed by atoms with Gasteiger partial charge >= 0.3 is 11.9 Å². The van der Waals surface area contributed by atoms with Crippen LogP contribution in [0.3, 0.4) is 0 Å². The SMILES string of the molecule is CCCCON(OC(=O)c1ccc(C)cc1)C(=O)c1ccccc1. The molecule has 5 nitrogen and oxygen atoms in total. The van der Waals surface area contributed by atoms with Crippen LogP contribution in [0.5, 0.6) is 0 Å². The lowest BCUT2D eigenvalue weighted by Gasteiger charge is -2.20. The largest absolute Gasteiger partial charge is 0.366 e. The normalized spacial score (nSPS) is 10.2. The summed E-state index contributed by atoms with van der Waals surface area (Å²) >= 11 is 0. The second-order valence-corrected chi connectivity index (χ2v) is 5.36. The first-order valence-electron chi connectivity index (χ1n) is 7.93. The number of nitrogens with zero attached hydrogens (tertiary/aromatic N) is 1. The van der Waals surface area contributed by atoms with Crippen molar-refractivity contribution in [3.8, 4) is 0 Å². The van der Waals surface area contributed by atoms with Crippen LogP contribution in [0.25, 0.3) is 0 Å².